The Morgan fingerprint density at radius 2 is 1.72 bits per heavy atom. The molecule has 0 radical (unpaired) electrons. The molecule has 1 aliphatic heterocycles. The summed E-state index contributed by atoms with van der Waals surface area (Å²) in [7, 11) is -3.75. The van der Waals surface area contributed by atoms with E-state index in [1.807, 2.05) is 31.2 Å². The Labute approximate surface area is 148 Å². The molecule has 6 heteroatoms. The van der Waals surface area contributed by atoms with Crippen LogP contribution in [0, 0.1) is 0 Å². The summed E-state index contributed by atoms with van der Waals surface area (Å²) in [5, 5.41) is 2.84. The molecule has 0 saturated heterocycles. The fourth-order valence-corrected chi connectivity index (χ4v) is 4.66. The minimum absolute atomic E-state index is 0.206. The predicted molar refractivity (Wildman–Crippen MR) is 96.4 cm³/mol. The number of sulfonamides is 1. The van der Waals surface area contributed by atoms with Gasteiger partial charge in [0.25, 0.3) is 0 Å². The third kappa shape index (κ3) is 3.60. The molecule has 0 fully saturated rings. The first-order valence-corrected chi connectivity index (χ1v) is 9.89. The third-order valence-electron chi connectivity index (χ3n) is 4.41. The van der Waals surface area contributed by atoms with Crippen molar-refractivity contribution < 1.29 is 13.2 Å². The molecule has 0 spiro atoms. The number of carbonyl (C=O) groups excluding carboxylic acids is 1. The van der Waals surface area contributed by atoms with Gasteiger partial charge in [-0.05, 0) is 36.1 Å². The molecule has 1 aliphatic rings. The minimum atomic E-state index is -3.75. The minimum Gasteiger partial charge on any atom is -0.355 e. The van der Waals surface area contributed by atoms with E-state index >= 15 is 0 Å². The maximum Gasteiger partial charge on any atom is 0.244 e. The van der Waals surface area contributed by atoms with Gasteiger partial charge in [-0.15, -0.1) is 0 Å². The average Bonchev–Trinajstić information content (AvgIpc) is 2.65. The van der Waals surface area contributed by atoms with Crippen LogP contribution in [0.25, 0.3) is 0 Å². The number of hydrogen-bond acceptors (Lipinski definition) is 3. The van der Waals surface area contributed by atoms with Crippen LogP contribution in [0.1, 0.15) is 24.5 Å². The molecule has 1 unspecified atom stereocenters. The molecule has 2 aromatic carbocycles. The number of amides is 1. The summed E-state index contributed by atoms with van der Waals surface area (Å²) in [6.07, 6.45) is 1.19. The maximum absolute atomic E-state index is 13.1. The lowest BCUT2D eigenvalue weighted by atomic mass is 9.95. The second-order valence-electron chi connectivity index (χ2n) is 6.14. The molecule has 1 atom stereocenters. The molecule has 1 heterocycles. The van der Waals surface area contributed by atoms with E-state index in [1.165, 1.54) is 4.31 Å². The Balaban J connectivity index is 2.00. The van der Waals surface area contributed by atoms with Crippen molar-refractivity contribution in [3.63, 3.8) is 0 Å². The summed E-state index contributed by atoms with van der Waals surface area (Å²) in [6.45, 7) is 2.71. The highest BCUT2D eigenvalue weighted by Gasteiger charge is 2.39. The molecule has 1 amide bonds. The van der Waals surface area contributed by atoms with E-state index < -0.39 is 16.1 Å². The van der Waals surface area contributed by atoms with Crippen LogP contribution in [0.4, 0.5) is 0 Å². The zero-order valence-corrected chi connectivity index (χ0v) is 15.0. The van der Waals surface area contributed by atoms with Crippen LogP contribution in [0.15, 0.2) is 59.5 Å². The summed E-state index contributed by atoms with van der Waals surface area (Å²) in [6, 6.07) is 15.2. The Morgan fingerprint density at radius 1 is 1.08 bits per heavy atom. The van der Waals surface area contributed by atoms with Crippen molar-refractivity contribution in [3.8, 4) is 0 Å². The number of rotatable bonds is 5. The largest absolute Gasteiger partial charge is 0.355 e. The van der Waals surface area contributed by atoms with Gasteiger partial charge in [-0.1, -0.05) is 49.4 Å². The van der Waals surface area contributed by atoms with E-state index in [4.69, 9.17) is 0 Å². The van der Waals surface area contributed by atoms with Crippen molar-refractivity contribution in [2.75, 3.05) is 6.54 Å². The Hall–Kier alpha value is -2.18. The van der Waals surface area contributed by atoms with E-state index in [9.17, 15) is 13.2 Å². The van der Waals surface area contributed by atoms with Gasteiger partial charge in [0.15, 0.2) is 0 Å². The number of nitrogens with one attached hydrogen (secondary N) is 1. The van der Waals surface area contributed by atoms with Crippen LogP contribution >= 0.6 is 0 Å². The van der Waals surface area contributed by atoms with Crippen molar-refractivity contribution in [2.24, 2.45) is 0 Å². The summed E-state index contributed by atoms with van der Waals surface area (Å²) < 4.78 is 27.6. The van der Waals surface area contributed by atoms with Crippen molar-refractivity contribution in [3.05, 3.63) is 65.7 Å². The van der Waals surface area contributed by atoms with Gasteiger partial charge in [0.2, 0.25) is 15.9 Å². The molecule has 0 bridgehead atoms. The van der Waals surface area contributed by atoms with E-state index in [-0.39, 0.29) is 17.3 Å². The molecule has 1 N–H and O–H groups in total. The van der Waals surface area contributed by atoms with Gasteiger partial charge >= 0.3 is 0 Å². The SMILES string of the molecule is CCCNC(=O)C1Cc2ccccc2CN1S(=O)(=O)c1ccccc1. The highest BCUT2D eigenvalue weighted by molar-refractivity contribution is 7.89. The number of carbonyl (C=O) groups is 1. The first-order chi connectivity index (χ1) is 12.0. The molecular formula is C19H22N2O3S. The van der Waals surface area contributed by atoms with E-state index in [0.717, 1.165) is 17.5 Å². The second kappa shape index (κ2) is 7.37. The number of benzene rings is 2. The standard InChI is InChI=1S/C19H22N2O3S/c1-2-12-20-19(22)18-13-15-8-6-7-9-16(15)14-21(18)25(23,24)17-10-4-3-5-11-17/h3-11,18H,2,12-14H2,1H3,(H,20,22). The van der Waals surface area contributed by atoms with Gasteiger partial charge in [0, 0.05) is 13.1 Å². The van der Waals surface area contributed by atoms with Gasteiger partial charge in [0.05, 0.1) is 4.90 Å². The molecule has 0 aromatic heterocycles. The highest BCUT2D eigenvalue weighted by Crippen LogP contribution is 2.29. The summed E-state index contributed by atoms with van der Waals surface area (Å²) in [4.78, 5) is 12.8. The summed E-state index contributed by atoms with van der Waals surface area (Å²) in [5.41, 5.74) is 1.97. The van der Waals surface area contributed by atoms with Gasteiger partial charge in [-0.2, -0.15) is 4.31 Å². The van der Waals surface area contributed by atoms with Crippen molar-refractivity contribution in [1.29, 1.82) is 0 Å². The average molecular weight is 358 g/mol. The van der Waals surface area contributed by atoms with Gasteiger partial charge in [-0.3, -0.25) is 4.79 Å². The van der Waals surface area contributed by atoms with Crippen molar-refractivity contribution in [2.45, 2.75) is 37.2 Å². The molecule has 0 aliphatic carbocycles. The number of nitrogens with zero attached hydrogens (tertiary/aromatic N) is 1. The normalized spacial score (nSPS) is 17.7. The molecule has 25 heavy (non-hydrogen) atoms. The highest BCUT2D eigenvalue weighted by atomic mass is 32.2. The van der Waals surface area contributed by atoms with Crippen LogP contribution in [0.3, 0.4) is 0 Å². The van der Waals surface area contributed by atoms with Crippen LogP contribution in [-0.2, 0) is 27.8 Å². The van der Waals surface area contributed by atoms with Crippen LogP contribution in [-0.4, -0.2) is 31.2 Å². The first kappa shape index (κ1) is 17.6. The van der Waals surface area contributed by atoms with Gasteiger partial charge in [-0.25, -0.2) is 8.42 Å². The van der Waals surface area contributed by atoms with E-state index in [0.29, 0.717) is 13.0 Å². The van der Waals surface area contributed by atoms with Crippen LogP contribution < -0.4 is 5.32 Å². The zero-order valence-electron chi connectivity index (χ0n) is 14.2. The second-order valence-corrected chi connectivity index (χ2v) is 8.03. The Kier molecular flexibility index (Phi) is 5.20. The van der Waals surface area contributed by atoms with Crippen LogP contribution in [0.5, 0.6) is 0 Å². The van der Waals surface area contributed by atoms with Gasteiger partial charge < -0.3 is 5.32 Å². The van der Waals surface area contributed by atoms with Crippen molar-refractivity contribution in [1.82, 2.24) is 9.62 Å². The lowest BCUT2D eigenvalue weighted by molar-refractivity contribution is -0.125. The Morgan fingerprint density at radius 3 is 2.40 bits per heavy atom. The molecule has 3 rings (SSSR count). The number of fused-ring (bicyclic) bond motifs is 1. The number of hydrogen-bond donors (Lipinski definition) is 1. The smallest absolute Gasteiger partial charge is 0.244 e. The monoisotopic (exact) mass is 358 g/mol. The lowest BCUT2D eigenvalue weighted by Crippen LogP contribution is -2.52. The van der Waals surface area contributed by atoms with E-state index in [1.54, 1.807) is 30.3 Å². The first-order valence-electron chi connectivity index (χ1n) is 8.45. The van der Waals surface area contributed by atoms with Crippen molar-refractivity contribution >= 4 is 15.9 Å². The maximum atomic E-state index is 13.1. The molecular weight excluding hydrogens is 336 g/mol. The predicted octanol–water partition coefficient (Wildman–Crippen LogP) is 2.33. The molecule has 0 saturated carbocycles. The lowest BCUT2D eigenvalue weighted by Gasteiger charge is -2.35. The summed E-state index contributed by atoms with van der Waals surface area (Å²) >= 11 is 0. The zero-order chi connectivity index (χ0) is 17.9. The van der Waals surface area contributed by atoms with Gasteiger partial charge in [0.1, 0.15) is 6.04 Å². The molecule has 2 aromatic rings. The molecule has 132 valence electrons. The fraction of sp³-hybridized carbons (Fsp3) is 0.316. The Bertz CT molecular complexity index is 850. The quantitative estimate of drug-likeness (QED) is 0.892. The topological polar surface area (TPSA) is 66.5 Å². The fourth-order valence-electron chi connectivity index (χ4n) is 3.07. The summed E-state index contributed by atoms with van der Waals surface area (Å²) in [5.74, 6) is -0.240. The van der Waals surface area contributed by atoms with Crippen LogP contribution in [0.2, 0.25) is 0 Å². The third-order valence-corrected chi connectivity index (χ3v) is 6.28. The molecule has 5 nitrogen and oxygen atoms in total. The van der Waals surface area contributed by atoms with E-state index in [2.05, 4.69) is 5.32 Å².